The molecule has 0 saturated heterocycles. The highest BCUT2D eigenvalue weighted by Gasteiger charge is 2.19. The summed E-state index contributed by atoms with van der Waals surface area (Å²) in [6.07, 6.45) is 0. The molecule has 0 radical (unpaired) electrons. The van der Waals surface area contributed by atoms with Crippen LogP contribution in [0.4, 0.5) is 5.69 Å². The largest absolute Gasteiger partial charge is 0.478 e. The third kappa shape index (κ3) is 4.03. The van der Waals surface area contributed by atoms with E-state index in [1.165, 1.54) is 18.2 Å². The summed E-state index contributed by atoms with van der Waals surface area (Å²) in [5.74, 6) is -2.07. The molecule has 0 aromatic heterocycles. The Morgan fingerprint density at radius 1 is 1.55 bits per heavy atom. The molecule has 7 nitrogen and oxygen atoms in total. The number of carboxylic acid groups (broad SMARTS) is 1. The third-order valence-corrected chi connectivity index (χ3v) is 2.34. The van der Waals surface area contributed by atoms with Crippen LogP contribution in [0.2, 0.25) is 5.02 Å². The molecule has 1 N–H and O–H groups in total. The van der Waals surface area contributed by atoms with Gasteiger partial charge in [-0.25, -0.2) is 9.59 Å². The molecule has 1 aromatic rings. The first kappa shape index (κ1) is 15.6. The zero-order valence-electron chi connectivity index (χ0n) is 10.4. The van der Waals surface area contributed by atoms with Gasteiger partial charge in [0.2, 0.25) is 0 Å². The summed E-state index contributed by atoms with van der Waals surface area (Å²) in [6.45, 7) is 1.69. The first-order valence-electron chi connectivity index (χ1n) is 5.49. The molecule has 0 aliphatic rings. The Morgan fingerprint density at radius 2 is 2.25 bits per heavy atom. The van der Waals surface area contributed by atoms with Crippen LogP contribution in [0, 0.1) is 11.3 Å². The fraction of sp³-hybridized carbons (Fsp3) is 0.250. The molecule has 0 amide bonds. The number of carbonyl (C=O) groups is 2. The van der Waals surface area contributed by atoms with Gasteiger partial charge in [0.15, 0.2) is 0 Å². The van der Waals surface area contributed by atoms with E-state index in [0.717, 1.165) is 0 Å². The Balaban J connectivity index is 3.05. The zero-order chi connectivity index (χ0) is 15.1. The van der Waals surface area contributed by atoms with E-state index in [0.29, 0.717) is 0 Å². The van der Waals surface area contributed by atoms with Gasteiger partial charge in [0.05, 0.1) is 12.2 Å². The Morgan fingerprint density at radius 3 is 2.80 bits per heavy atom. The smallest absolute Gasteiger partial charge is 0.347 e. The number of halogens is 1. The average molecular weight is 296 g/mol. The van der Waals surface area contributed by atoms with Crippen LogP contribution in [0.5, 0.6) is 0 Å². The average Bonchev–Trinajstić information content (AvgIpc) is 2.39. The minimum atomic E-state index is -1.45. The van der Waals surface area contributed by atoms with Crippen LogP contribution in [0.3, 0.4) is 0 Å². The van der Waals surface area contributed by atoms with E-state index in [1.54, 1.807) is 13.0 Å². The number of hydrogen-bond donors (Lipinski definition) is 1. The van der Waals surface area contributed by atoms with Gasteiger partial charge in [-0.2, -0.15) is 15.5 Å². The van der Waals surface area contributed by atoms with Crippen molar-refractivity contribution in [3.05, 3.63) is 28.8 Å². The van der Waals surface area contributed by atoms with Gasteiger partial charge in [0, 0.05) is 5.02 Å². The normalized spacial score (nSPS) is 11.8. The fourth-order valence-electron chi connectivity index (χ4n) is 1.24. The van der Waals surface area contributed by atoms with Crippen LogP contribution >= 0.6 is 11.6 Å². The van der Waals surface area contributed by atoms with E-state index in [9.17, 15) is 9.59 Å². The maximum atomic E-state index is 11.3. The number of azo groups is 1. The molecule has 0 fully saturated rings. The summed E-state index contributed by atoms with van der Waals surface area (Å²) in [6, 6.07) is 4.07. The Labute approximate surface area is 119 Å². The topological polar surface area (TPSA) is 112 Å². The Hall–Kier alpha value is -2.46. The molecule has 8 heteroatoms. The van der Waals surface area contributed by atoms with Gasteiger partial charge in [-0.3, -0.25) is 0 Å². The van der Waals surface area contributed by atoms with Gasteiger partial charge in [0.1, 0.15) is 11.8 Å². The van der Waals surface area contributed by atoms with Gasteiger partial charge in [-0.05, 0) is 25.1 Å². The predicted molar refractivity (Wildman–Crippen MR) is 69.0 cm³/mol. The molecule has 0 aliphatic carbocycles. The molecule has 20 heavy (non-hydrogen) atoms. The van der Waals surface area contributed by atoms with Crippen molar-refractivity contribution in [2.45, 2.75) is 13.0 Å². The highest BCUT2D eigenvalue weighted by Crippen LogP contribution is 2.24. The highest BCUT2D eigenvalue weighted by atomic mass is 35.5. The van der Waals surface area contributed by atoms with Crippen molar-refractivity contribution in [3.8, 4) is 6.07 Å². The lowest BCUT2D eigenvalue weighted by Gasteiger charge is -2.03. The number of carboxylic acids is 1. The number of hydrogen-bond acceptors (Lipinski definition) is 6. The second kappa shape index (κ2) is 7.21. The number of ether oxygens (including phenoxy) is 1. The lowest BCUT2D eigenvalue weighted by atomic mass is 10.2. The number of esters is 1. The molecular formula is C12H10ClN3O4. The summed E-state index contributed by atoms with van der Waals surface area (Å²) in [5.41, 5.74) is -0.187. The molecule has 0 spiro atoms. The van der Waals surface area contributed by atoms with Gasteiger partial charge in [0.25, 0.3) is 6.04 Å². The van der Waals surface area contributed by atoms with E-state index < -0.39 is 18.0 Å². The van der Waals surface area contributed by atoms with Crippen LogP contribution in [-0.4, -0.2) is 29.7 Å². The summed E-state index contributed by atoms with van der Waals surface area (Å²) in [4.78, 5) is 22.3. The second-order valence-electron chi connectivity index (χ2n) is 3.47. The molecular weight excluding hydrogens is 286 g/mol. The van der Waals surface area contributed by atoms with E-state index in [1.807, 2.05) is 0 Å². The number of rotatable bonds is 5. The first-order valence-corrected chi connectivity index (χ1v) is 5.87. The maximum Gasteiger partial charge on any atom is 0.347 e. The SMILES string of the molecule is CCOC(=O)C(C#N)N=Nc1cc(Cl)ccc1C(=O)O. The second-order valence-corrected chi connectivity index (χ2v) is 3.90. The van der Waals surface area contributed by atoms with Crippen LogP contribution in [0.1, 0.15) is 17.3 Å². The number of nitriles is 1. The van der Waals surface area contributed by atoms with Crippen molar-refractivity contribution in [2.24, 2.45) is 10.2 Å². The Kier molecular flexibility index (Phi) is 5.62. The first-order chi connectivity index (χ1) is 9.49. The number of benzene rings is 1. The van der Waals surface area contributed by atoms with Gasteiger partial charge < -0.3 is 9.84 Å². The van der Waals surface area contributed by atoms with E-state index in [-0.39, 0.29) is 22.9 Å². The highest BCUT2D eigenvalue weighted by molar-refractivity contribution is 6.31. The molecule has 1 unspecified atom stereocenters. The monoisotopic (exact) mass is 295 g/mol. The molecule has 1 atom stereocenters. The lowest BCUT2D eigenvalue weighted by molar-refractivity contribution is -0.143. The van der Waals surface area contributed by atoms with Crippen LogP contribution in [0.25, 0.3) is 0 Å². The standard InChI is InChI=1S/C12H10ClN3O4/c1-2-20-12(19)10(6-14)16-15-9-5-7(13)3-4-8(9)11(17)18/h3-5,10H,2H2,1H3,(H,17,18). The maximum absolute atomic E-state index is 11.3. The third-order valence-electron chi connectivity index (χ3n) is 2.10. The zero-order valence-corrected chi connectivity index (χ0v) is 11.2. The van der Waals surface area contributed by atoms with Crippen molar-refractivity contribution < 1.29 is 19.4 Å². The van der Waals surface area contributed by atoms with Crippen molar-refractivity contribution in [1.29, 1.82) is 5.26 Å². The molecule has 0 bridgehead atoms. The van der Waals surface area contributed by atoms with Crippen molar-refractivity contribution >= 4 is 29.2 Å². The van der Waals surface area contributed by atoms with E-state index >= 15 is 0 Å². The summed E-state index contributed by atoms with van der Waals surface area (Å²) in [7, 11) is 0. The van der Waals surface area contributed by atoms with Gasteiger partial charge in [-0.15, -0.1) is 0 Å². The fourth-order valence-corrected chi connectivity index (χ4v) is 1.40. The molecule has 1 rings (SSSR count). The molecule has 0 aliphatic heterocycles. The van der Waals surface area contributed by atoms with Gasteiger partial charge >= 0.3 is 11.9 Å². The number of nitrogens with zero attached hydrogens (tertiary/aromatic N) is 3. The lowest BCUT2D eigenvalue weighted by Crippen LogP contribution is -2.19. The Bertz CT molecular complexity index is 595. The number of aromatic carboxylic acids is 1. The van der Waals surface area contributed by atoms with Crippen molar-refractivity contribution in [2.75, 3.05) is 6.61 Å². The molecule has 0 heterocycles. The number of carbonyl (C=O) groups excluding carboxylic acids is 1. The van der Waals surface area contributed by atoms with E-state index in [4.69, 9.17) is 22.0 Å². The van der Waals surface area contributed by atoms with Crippen LogP contribution < -0.4 is 0 Å². The van der Waals surface area contributed by atoms with Crippen LogP contribution in [-0.2, 0) is 9.53 Å². The minimum Gasteiger partial charge on any atom is -0.478 e. The minimum absolute atomic E-state index is 0.0467. The predicted octanol–water partition coefficient (Wildman–Crippen LogP) is 2.58. The summed E-state index contributed by atoms with van der Waals surface area (Å²) in [5, 5.41) is 25.1. The van der Waals surface area contributed by atoms with Crippen molar-refractivity contribution in [1.82, 2.24) is 0 Å². The summed E-state index contributed by atoms with van der Waals surface area (Å²) >= 11 is 5.73. The molecule has 104 valence electrons. The summed E-state index contributed by atoms with van der Waals surface area (Å²) < 4.78 is 4.63. The molecule has 0 saturated carbocycles. The van der Waals surface area contributed by atoms with Crippen molar-refractivity contribution in [3.63, 3.8) is 0 Å². The van der Waals surface area contributed by atoms with Gasteiger partial charge in [-0.1, -0.05) is 11.6 Å². The quantitative estimate of drug-likeness (QED) is 0.662. The van der Waals surface area contributed by atoms with E-state index in [2.05, 4.69) is 15.0 Å². The van der Waals surface area contributed by atoms with Crippen LogP contribution in [0.15, 0.2) is 28.4 Å². The molecule has 1 aromatic carbocycles.